The van der Waals surface area contributed by atoms with Gasteiger partial charge in [0.25, 0.3) is 0 Å². The van der Waals surface area contributed by atoms with Crippen molar-refractivity contribution in [2.45, 2.75) is 0 Å². The molecule has 1 amide bonds. The number of nitrogens with one attached hydrogen (secondary N) is 1. The number of ether oxygens (including phenoxy) is 1. The van der Waals surface area contributed by atoms with E-state index < -0.39 is 16.2 Å². The van der Waals surface area contributed by atoms with E-state index in [9.17, 15) is 13.2 Å². The maximum absolute atomic E-state index is 11.0. The van der Waals surface area contributed by atoms with Gasteiger partial charge in [-0.3, -0.25) is 0 Å². The minimum absolute atomic E-state index is 0.0337. The van der Waals surface area contributed by atoms with Gasteiger partial charge < -0.3 is 14.2 Å². The SMILES string of the molecule is CNC(=O)Oc1ccccc1OS(C)(=O)=O. The summed E-state index contributed by atoms with van der Waals surface area (Å²) in [5.41, 5.74) is 0. The summed E-state index contributed by atoms with van der Waals surface area (Å²) in [7, 11) is -2.26. The Labute approximate surface area is 93.3 Å². The second-order valence-corrected chi connectivity index (χ2v) is 4.45. The molecule has 0 radical (unpaired) electrons. The van der Waals surface area contributed by atoms with Crippen LogP contribution in [0.5, 0.6) is 11.5 Å². The van der Waals surface area contributed by atoms with Crippen molar-refractivity contribution in [2.75, 3.05) is 13.3 Å². The Morgan fingerprint density at radius 3 is 2.31 bits per heavy atom. The predicted molar refractivity (Wildman–Crippen MR) is 57.0 cm³/mol. The first-order chi connectivity index (χ1) is 7.42. The van der Waals surface area contributed by atoms with E-state index in [-0.39, 0.29) is 11.5 Å². The molecule has 0 saturated heterocycles. The monoisotopic (exact) mass is 245 g/mol. The van der Waals surface area contributed by atoms with Crippen molar-refractivity contribution in [1.29, 1.82) is 0 Å². The zero-order chi connectivity index (χ0) is 12.2. The highest BCUT2D eigenvalue weighted by molar-refractivity contribution is 7.86. The van der Waals surface area contributed by atoms with E-state index in [1.807, 2.05) is 0 Å². The summed E-state index contributed by atoms with van der Waals surface area (Å²) in [5, 5.41) is 2.24. The third kappa shape index (κ3) is 3.77. The van der Waals surface area contributed by atoms with Crippen molar-refractivity contribution in [3.63, 3.8) is 0 Å². The first kappa shape index (κ1) is 12.3. The number of carbonyl (C=O) groups excluding carboxylic acids is 1. The van der Waals surface area contributed by atoms with Gasteiger partial charge in [-0.2, -0.15) is 8.42 Å². The van der Waals surface area contributed by atoms with Gasteiger partial charge in [0.05, 0.1) is 6.26 Å². The number of para-hydroxylation sites is 2. The summed E-state index contributed by atoms with van der Waals surface area (Å²) in [6, 6.07) is 5.97. The van der Waals surface area contributed by atoms with Crippen LogP contribution in [-0.4, -0.2) is 27.8 Å². The second kappa shape index (κ2) is 4.84. The molecule has 0 fully saturated rings. The molecule has 1 N–H and O–H groups in total. The first-order valence-electron chi connectivity index (χ1n) is 4.30. The van der Waals surface area contributed by atoms with Crippen LogP contribution in [0.1, 0.15) is 0 Å². The summed E-state index contributed by atoms with van der Waals surface area (Å²) in [5.74, 6) is 0.000810. The molecule has 6 nitrogen and oxygen atoms in total. The van der Waals surface area contributed by atoms with E-state index in [2.05, 4.69) is 9.50 Å². The molecular weight excluding hydrogens is 234 g/mol. The number of amides is 1. The quantitative estimate of drug-likeness (QED) is 0.794. The molecule has 0 aliphatic heterocycles. The molecule has 0 heterocycles. The number of benzene rings is 1. The summed E-state index contributed by atoms with van der Waals surface area (Å²) in [6.45, 7) is 0. The molecule has 0 bridgehead atoms. The van der Waals surface area contributed by atoms with Gasteiger partial charge in [0, 0.05) is 7.05 Å². The molecule has 1 aromatic carbocycles. The predicted octanol–water partition coefficient (Wildman–Crippen LogP) is 0.743. The van der Waals surface area contributed by atoms with Crippen molar-refractivity contribution >= 4 is 16.2 Å². The maximum atomic E-state index is 11.0. The van der Waals surface area contributed by atoms with Crippen LogP contribution in [0, 0.1) is 0 Å². The third-order valence-electron chi connectivity index (χ3n) is 1.50. The lowest BCUT2D eigenvalue weighted by Gasteiger charge is -2.08. The average molecular weight is 245 g/mol. The summed E-state index contributed by atoms with van der Waals surface area (Å²) in [4.78, 5) is 11.0. The molecule has 0 aromatic heterocycles. The van der Waals surface area contributed by atoms with Crippen LogP contribution in [-0.2, 0) is 10.1 Å². The molecule has 0 aliphatic rings. The van der Waals surface area contributed by atoms with E-state index in [1.54, 1.807) is 12.1 Å². The average Bonchev–Trinajstić information content (AvgIpc) is 2.18. The highest BCUT2D eigenvalue weighted by Gasteiger charge is 2.12. The van der Waals surface area contributed by atoms with Crippen LogP contribution in [0.2, 0.25) is 0 Å². The van der Waals surface area contributed by atoms with E-state index in [0.717, 1.165) is 6.26 Å². The Bertz CT molecular complexity index is 482. The van der Waals surface area contributed by atoms with E-state index in [1.165, 1.54) is 19.2 Å². The highest BCUT2D eigenvalue weighted by atomic mass is 32.2. The molecular formula is C9H11NO5S. The van der Waals surface area contributed by atoms with Crippen molar-refractivity contribution in [2.24, 2.45) is 0 Å². The van der Waals surface area contributed by atoms with Crippen LogP contribution < -0.4 is 14.2 Å². The van der Waals surface area contributed by atoms with Crippen LogP contribution in [0.3, 0.4) is 0 Å². The number of carbonyl (C=O) groups is 1. The van der Waals surface area contributed by atoms with Crippen molar-refractivity contribution < 1.29 is 22.1 Å². The minimum Gasteiger partial charge on any atom is -0.406 e. The Morgan fingerprint density at radius 1 is 1.25 bits per heavy atom. The fourth-order valence-corrected chi connectivity index (χ4v) is 1.38. The maximum Gasteiger partial charge on any atom is 0.412 e. The van der Waals surface area contributed by atoms with Gasteiger partial charge in [0.2, 0.25) is 0 Å². The minimum atomic E-state index is -3.65. The van der Waals surface area contributed by atoms with Gasteiger partial charge in [-0.25, -0.2) is 4.79 Å². The summed E-state index contributed by atoms with van der Waals surface area (Å²) >= 11 is 0. The molecule has 1 aromatic rings. The van der Waals surface area contributed by atoms with Gasteiger partial charge in [0.1, 0.15) is 0 Å². The summed E-state index contributed by atoms with van der Waals surface area (Å²) in [6.07, 6.45) is 0.202. The molecule has 1 rings (SSSR count). The van der Waals surface area contributed by atoms with Gasteiger partial charge in [-0.15, -0.1) is 0 Å². The Morgan fingerprint density at radius 2 is 1.81 bits per heavy atom. The Hall–Kier alpha value is -1.76. The largest absolute Gasteiger partial charge is 0.412 e. The smallest absolute Gasteiger partial charge is 0.406 e. The van der Waals surface area contributed by atoms with E-state index >= 15 is 0 Å². The van der Waals surface area contributed by atoms with Gasteiger partial charge in [0.15, 0.2) is 11.5 Å². The topological polar surface area (TPSA) is 81.7 Å². The Kier molecular flexibility index (Phi) is 3.73. The van der Waals surface area contributed by atoms with E-state index in [4.69, 9.17) is 4.74 Å². The highest BCUT2D eigenvalue weighted by Crippen LogP contribution is 2.27. The van der Waals surface area contributed by atoms with Crippen LogP contribution in [0.15, 0.2) is 24.3 Å². The molecule has 0 spiro atoms. The molecule has 16 heavy (non-hydrogen) atoms. The first-order valence-corrected chi connectivity index (χ1v) is 6.12. The lowest BCUT2D eigenvalue weighted by Crippen LogP contribution is -2.22. The molecule has 0 aliphatic carbocycles. The number of hydrogen-bond acceptors (Lipinski definition) is 5. The molecule has 7 heteroatoms. The molecule has 88 valence electrons. The zero-order valence-electron chi connectivity index (χ0n) is 8.76. The van der Waals surface area contributed by atoms with Crippen molar-refractivity contribution in [3.8, 4) is 11.5 Å². The number of rotatable bonds is 3. The standard InChI is InChI=1S/C9H11NO5S/c1-10-9(11)14-7-5-3-4-6-8(7)15-16(2,12)13/h3-6H,1-2H3,(H,10,11). The summed E-state index contributed by atoms with van der Waals surface area (Å²) < 4.78 is 31.3. The van der Waals surface area contributed by atoms with Gasteiger partial charge in [-0.1, -0.05) is 12.1 Å². The van der Waals surface area contributed by atoms with Gasteiger partial charge >= 0.3 is 16.2 Å². The van der Waals surface area contributed by atoms with E-state index in [0.29, 0.717) is 0 Å². The lowest BCUT2D eigenvalue weighted by molar-refractivity contribution is 0.202. The second-order valence-electron chi connectivity index (χ2n) is 2.87. The Balaban J connectivity index is 2.96. The van der Waals surface area contributed by atoms with Crippen LogP contribution in [0.25, 0.3) is 0 Å². The van der Waals surface area contributed by atoms with Crippen molar-refractivity contribution in [1.82, 2.24) is 5.32 Å². The van der Waals surface area contributed by atoms with Crippen LogP contribution in [0.4, 0.5) is 4.79 Å². The third-order valence-corrected chi connectivity index (χ3v) is 1.98. The molecule has 0 unspecified atom stereocenters. The number of hydrogen-bond donors (Lipinski definition) is 1. The lowest BCUT2D eigenvalue weighted by atomic mass is 10.3. The zero-order valence-corrected chi connectivity index (χ0v) is 9.58. The normalized spacial score (nSPS) is 10.6. The fraction of sp³-hybridized carbons (Fsp3) is 0.222. The van der Waals surface area contributed by atoms with Gasteiger partial charge in [-0.05, 0) is 12.1 Å². The molecule has 0 saturated carbocycles. The van der Waals surface area contributed by atoms with Crippen molar-refractivity contribution in [3.05, 3.63) is 24.3 Å². The molecule has 0 atom stereocenters. The van der Waals surface area contributed by atoms with Crippen LogP contribution >= 0.6 is 0 Å². The fourth-order valence-electron chi connectivity index (χ4n) is 0.917.